The van der Waals surface area contributed by atoms with Crippen LogP contribution >= 0.6 is 0 Å². The molecule has 1 aliphatic carbocycles. The summed E-state index contributed by atoms with van der Waals surface area (Å²) >= 11 is 0. The number of rotatable bonds is 6. The molecular weight excluding hydrogens is 218 g/mol. The van der Waals surface area contributed by atoms with E-state index in [1.54, 1.807) is 0 Å². The number of amides is 1. The Balaban J connectivity index is 2.01. The first-order valence-corrected chi connectivity index (χ1v) is 6.56. The number of ether oxygens (including phenoxy) is 1. The topological polar surface area (TPSA) is 55.4 Å². The van der Waals surface area contributed by atoms with Crippen LogP contribution in [0, 0.1) is 5.92 Å². The predicted octanol–water partition coefficient (Wildman–Crippen LogP) is 2.03. The minimum absolute atomic E-state index is 0.0498. The fraction of sp³-hybridized carbons (Fsp3) is 0.846. The molecule has 0 unspecified atom stereocenters. The van der Waals surface area contributed by atoms with E-state index in [9.17, 15) is 9.59 Å². The summed E-state index contributed by atoms with van der Waals surface area (Å²) < 4.78 is 4.48. The van der Waals surface area contributed by atoms with Gasteiger partial charge in [0.1, 0.15) is 0 Å². The van der Waals surface area contributed by atoms with Gasteiger partial charge < -0.3 is 10.1 Å². The molecule has 98 valence electrons. The van der Waals surface area contributed by atoms with Crippen LogP contribution in [0.1, 0.15) is 51.4 Å². The van der Waals surface area contributed by atoms with Crippen molar-refractivity contribution in [3.05, 3.63) is 0 Å². The molecule has 0 aromatic carbocycles. The molecule has 1 aliphatic rings. The zero-order valence-electron chi connectivity index (χ0n) is 10.7. The van der Waals surface area contributed by atoms with Crippen LogP contribution in [0.3, 0.4) is 0 Å². The molecule has 1 N–H and O–H groups in total. The molecular formula is C13H23NO3. The largest absolute Gasteiger partial charge is 0.469 e. The Bertz CT molecular complexity index is 247. The Hall–Kier alpha value is -1.06. The van der Waals surface area contributed by atoms with Crippen LogP contribution in [-0.4, -0.2) is 25.5 Å². The molecule has 4 nitrogen and oxygen atoms in total. The van der Waals surface area contributed by atoms with Gasteiger partial charge in [-0.3, -0.25) is 9.59 Å². The van der Waals surface area contributed by atoms with E-state index in [1.807, 2.05) is 0 Å². The van der Waals surface area contributed by atoms with Crippen molar-refractivity contribution in [2.75, 3.05) is 13.7 Å². The first-order chi connectivity index (χ1) is 8.22. The van der Waals surface area contributed by atoms with E-state index in [2.05, 4.69) is 10.1 Å². The molecule has 1 amide bonds. The lowest BCUT2D eigenvalue weighted by atomic mass is 9.87. The summed E-state index contributed by atoms with van der Waals surface area (Å²) in [5, 5.41) is 2.86. The highest BCUT2D eigenvalue weighted by Gasteiger charge is 2.13. The normalized spacial score (nSPS) is 16.5. The molecule has 17 heavy (non-hydrogen) atoms. The molecule has 0 atom stereocenters. The third kappa shape index (κ3) is 6.29. The van der Waals surface area contributed by atoms with Crippen LogP contribution in [0.15, 0.2) is 0 Å². The minimum Gasteiger partial charge on any atom is -0.469 e. The Kier molecular flexibility index (Phi) is 6.67. The first-order valence-electron chi connectivity index (χ1n) is 6.56. The van der Waals surface area contributed by atoms with E-state index < -0.39 is 0 Å². The Labute approximate surface area is 103 Å². The molecule has 0 saturated heterocycles. The fourth-order valence-corrected chi connectivity index (χ4v) is 2.30. The van der Waals surface area contributed by atoms with Crippen LogP contribution in [0.5, 0.6) is 0 Å². The average molecular weight is 241 g/mol. The number of nitrogens with one attached hydrogen (secondary N) is 1. The second-order valence-electron chi connectivity index (χ2n) is 4.72. The number of carbonyl (C=O) groups excluding carboxylic acids is 2. The number of carbonyl (C=O) groups is 2. The lowest BCUT2D eigenvalue weighted by molar-refractivity contribution is -0.142. The van der Waals surface area contributed by atoms with Crippen LogP contribution in [0.4, 0.5) is 0 Å². The molecule has 0 aromatic rings. The maximum atomic E-state index is 11.4. The van der Waals surface area contributed by atoms with Gasteiger partial charge >= 0.3 is 5.97 Å². The Morgan fingerprint density at radius 2 is 1.88 bits per heavy atom. The van der Waals surface area contributed by atoms with Gasteiger partial charge in [-0.1, -0.05) is 32.1 Å². The summed E-state index contributed by atoms with van der Waals surface area (Å²) in [6.45, 7) is 0.741. The Morgan fingerprint density at radius 1 is 1.18 bits per heavy atom. The van der Waals surface area contributed by atoms with Crippen LogP contribution in [0.25, 0.3) is 0 Å². The molecule has 1 fully saturated rings. The predicted molar refractivity (Wildman–Crippen MR) is 65.5 cm³/mol. The maximum absolute atomic E-state index is 11.4. The van der Waals surface area contributed by atoms with Gasteiger partial charge in [0.25, 0.3) is 0 Å². The van der Waals surface area contributed by atoms with Gasteiger partial charge in [0.05, 0.1) is 13.5 Å². The molecule has 1 saturated carbocycles. The van der Waals surface area contributed by atoms with Crippen molar-refractivity contribution in [1.82, 2.24) is 5.32 Å². The van der Waals surface area contributed by atoms with E-state index in [4.69, 9.17) is 0 Å². The van der Waals surface area contributed by atoms with E-state index in [1.165, 1.54) is 39.2 Å². The van der Waals surface area contributed by atoms with Crippen molar-refractivity contribution in [2.24, 2.45) is 5.92 Å². The molecule has 0 aromatic heterocycles. The van der Waals surface area contributed by atoms with E-state index >= 15 is 0 Å². The lowest BCUT2D eigenvalue weighted by Gasteiger charge is -2.21. The number of hydrogen-bond donors (Lipinski definition) is 1. The average Bonchev–Trinajstić information content (AvgIpc) is 2.37. The smallest absolute Gasteiger partial charge is 0.306 e. The molecule has 0 heterocycles. The van der Waals surface area contributed by atoms with Crippen molar-refractivity contribution in [2.45, 2.75) is 51.4 Å². The third-order valence-electron chi connectivity index (χ3n) is 3.38. The lowest BCUT2D eigenvalue weighted by Crippen LogP contribution is -2.26. The van der Waals surface area contributed by atoms with Crippen molar-refractivity contribution in [3.63, 3.8) is 0 Å². The summed E-state index contributed by atoms with van der Waals surface area (Å²) in [4.78, 5) is 22.2. The number of esters is 1. The molecule has 0 spiro atoms. The highest BCUT2D eigenvalue weighted by atomic mass is 16.5. The van der Waals surface area contributed by atoms with E-state index in [0.29, 0.717) is 0 Å². The van der Waals surface area contributed by atoms with Crippen molar-refractivity contribution >= 4 is 11.9 Å². The number of methoxy groups -OCH3 is 1. The summed E-state index contributed by atoms with van der Waals surface area (Å²) in [5.41, 5.74) is 0. The van der Waals surface area contributed by atoms with E-state index in [-0.39, 0.29) is 24.7 Å². The van der Waals surface area contributed by atoms with E-state index in [0.717, 1.165) is 18.9 Å². The highest BCUT2D eigenvalue weighted by molar-refractivity contribution is 5.81. The van der Waals surface area contributed by atoms with Crippen LogP contribution in [0.2, 0.25) is 0 Å². The first kappa shape index (κ1) is 14.0. The zero-order chi connectivity index (χ0) is 12.5. The van der Waals surface area contributed by atoms with Gasteiger partial charge in [-0.25, -0.2) is 0 Å². The summed E-state index contributed by atoms with van der Waals surface area (Å²) in [6.07, 6.45) is 8.12. The SMILES string of the molecule is COC(=O)CCC(=O)NCCC1CCCCC1. The second-order valence-corrected chi connectivity index (χ2v) is 4.72. The minimum atomic E-state index is -0.326. The zero-order valence-corrected chi connectivity index (χ0v) is 10.7. The second kappa shape index (κ2) is 8.09. The van der Waals surface area contributed by atoms with Crippen molar-refractivity contribution in [3.8, 4) is 0 Å². The van der Waals surface area contributed by atoms with Gasteiger partial charge in [0.15, 0.2) is 0 Å². The Morgan fingerprint density at radius 3 is 2.53 bits per heavy atom. The molecule has 0 aliphatic heterocycles. The maximum Gasteiger partial charge on any atom is 0.306 e. The quantitative estimate of drug-likeness (QED) is 0.724. The standard InChI is InChI=1S/C13H23NO3/c1-17-13(16)8-7-12(15)14-10-9-11-5-3-2-4-6-11/h11H,2-10H2,1H3,(H,14,15). The monoisotopic (exact) mass is 241 g/mol. The molecule has 0 bridgehead atoms. The summed E-state index contributed by atoms with van der Waals surface area (Å²) in [5.74, 6) is 0.406. The van der Waals surface area contributed by atoms with Gasteiger partial charge in [0.2, 0.25) is 5.91 Å². The van der Waals surface area contributed by atoms with Gasteiger partial charge in [-0.2, -0.15) is 0 Å². The summed E-state index contributed by atoms with van der Waals surface area (Å²) in [6, 6.07) is 0. The molecule has 4 heteroatoms. The van der Waals surface area contributed by atoms with Crippen LogP contribution < -0.4 is 5.32 Å². The van der Waals surface area contributed by atoms with Crippen molar-refractivity contribution in [1.29, 1.82) is 0 Å². The molecule has 1 rings (SSSR count). The van der Waals surface area contributed by atoms with Crippen LogP contribution in [-0.2, 0) is 14.3 Å². The third-order valence-corrected chi connectivity index (χ3v) is 3.38. The fourth-order valence-electron chi connectivity index (χ4n) is 2.30. The number of hydrogen-bond acceptors (Lipinski definition) is 3. The molecule has 0 radical (unpaired) electrons. The van der Waals surface area contributed by atoms with Gasteiger partial charge in [-0.15, -0.1) is 0 Å². The summed E-state index contributed by atoms with van der Waals surface area (Å²) in [7, 11) is 1.34. The highest BCUT2D eigenvalue weighted by Crippen LogP contribution is 2.25. The van der Waals surface area contributed by atoms with Gasteiger partial charge in [0, 0.05) is 13.0 Å². The van der Waals surface area contributed by atoms with Crippen molar-refractivity contribution < 1.29 is 14.3 Å². The van der Waals surface area contributed by atoms with Gasteiger partial charge in [-0.05, 0) is 12.3 Å².